The summed E-state index contributed by atoms with van der Waals surface area (Å²) in [5, 5.41) is 3.24. The summed E-state index contributed by atoms with van der Waals surface area (Å²) < 4.78 is 37.4. The number of carbonyl (C=O) groups is 1. The second-order valence-corrected chi connectivity index (χ2v) is 6.63. The molecular weight excluding hydrogens is 298 g/mol. The fraction of sp³-hybridized carbons (Fsp3) is 0.917. The van der Waals surface area contributed by atoms with Crippen molar-refractivity contribution in [2.75, 3.05) is 26.2 Å². The molecule has 0 saturated carbocycles. The number of nitrogens with one attached hydrogen (secondary N) is 3. The Kier molecular flexibility index (Phi) is 7.94. The van der Waals surface area contributed by atoms with Crippen molar-refractivity contribution in [1.29, 1.82) is 0 Å². The molecule has 1 saturated heterocycles. The standard InChI is InChI=1S/C12H25N3O5S/c1-10(2)20-12(16)15-21(17,18)14-6-3-9-19-11-4-7-13-8-5-11/h10-11,13-14H,3-9H2,1-2H3,(H,15,16). The number of amides is 1. The van der Waals surface area contributed by atoms with Crippen molar-refractivity contribution in [2.45, 2.75) is 45.3 Å². The maximum atomic E-state index is 11.5. The van der Waals surface area contributed by atoms with Crippen molar-refractivity contribution in [3.8, 4) is 0 Å². The van der Waals surface area contributed by atoms with Crippen LogP contribution in [-0.4, -0.2) is 53.0 Å². The maximum Gasteiger partial charge on any atom is 0.422 e. The van der Waals surface area contributed by atoms with Crippen LogP contribution in [0, 0.1) is 0 Å². The van der Waals surface area contributed by atoms with Gasteiger partial charge in [-0.15, -0.1) is 0 Å². The molecule has 0 unspecified atom stereocenters. The molecule has 0 spiro atoms. The van der Waals surface area contributed by atoms with E-state index >= 15 is 0 Å². The lowest BCUT2D eigenvalue weighted by atomic mass is 10.1. The van der Waals surface area contributed by atoms with Crippen molar-refractivity contribution in [1.82, 2.24) is 14.8 Å². The van der Waals surface area contributed by atoms with E-state index in [1.165, 1.54) is 0 Å². The zero-order valence-corrected chi connectivity index (χ0v) is 13.4. The second-order valence-electron chi connectivity index (χ2n) is 5.13. The summed E-state index contributed by atoms with van der Waals surface area (Å²) in [6.07, 6.45) is 1.40. The van der Waals surface area contributed by atoms with Gasteiger partial charge in [0, 0.05) is 13.2 Å². The average Bonchev–Trinajstić information content (AvgIpc) is 2.37. The Morgan fingerprint density at radius 3 is 2.62 bits per heavy atom. The van der Waals surface area contributed by atoms with Gasteiger partial charge in [0.05, 0.1) is 12.2 Å². The first kappa shape index (κ1) is 18.1. The van der Waals surface area contributed by atoms with Crippen molar-refractivity contribution in [2.24, 2.45) is 0 Å². The number of hydrogen-bond donors (Lipinski definition) is 3. The van der Waals surface area contributed by atoms with Crippen LogP contribution in [0.2, 0.25) is 0 Å². The monoisotopic (exact) mass is 323 g/mol. The number of rotatable bonds is 8. The van der Waals surface area contributed by atoms with Gasteiger partial charge >= 0.3 is 16.3 Å². The van der Waals surface area contributed by atoms with Gasteiger partial charge < -0.3 is 14.8 Å². The minimum Gasteiger partial charge on any atom is -0.446 e. The predicted molar refractivity (Wildman–Crippen MR) is 78.1 cm³/mol. The molecule has 0 radical (unpaired) electrons. The van der Waals surface area contributed by atoms with Gasteiger partial charge in [-0.3, -0.25) is 0 Å². The molecule has 8 nitrogen and oxygen atoms in total. The van der Waals surface area contributed by atoms with E-state index in [0.717, 1.165) is 25.9 Å². The molecule has 1 aliphatic rings. The highest BCUT2D eigenvalue weighted by molar-refractivity contribution is 7.88. The van der Waals surface area contributed by atoms with E-state index in [4.69, 9.17) is 9.47 Å². The molecule has 3 N–H and O–H groups in total. The van der Waals surface area contributed by atoms with Crippen LogP contribution in [0.1, 0.15) is 33.1 Å². The third-order valence-corrected chi connectivity index (χ3v) is 3.83. The largest absolute Gasteiger partial charge is 0.446 e. The van der Waals surface area contributed by atoms with Gasteiger partial charge in [0.1, 0.15) is 0 Å². The van der Waals surface area contributed by atoms with E-state index in [-0.39, 0.29) is 18.8 Å². The van der Waals surface area contributed by atoms with Gasteiger partial charge in [-0.25, -0.2) is 9.52 Å². The Bertz CT molecular complexity index is 407. The van der Waals surface area contributed by atoms with Crippen LogP contribution in [0.4, 0.5) is 4.79 Å². The van der Waals surface area contributed by atoms with Crippen LogP contribution in [0.3, 0.4) is 0 Å². The highest BCUT2D eigenvalue weighted by Gasteiger charge is 2.16. The van der Waals surface area contributed by atoms with Gasteiger partial charge in [0.2, 0.25) is 0 Å². The summed E-state index contributed by atoms with van der Waals surface area (Å²) in [6, 6.07) is 0. The zero-order chi connectivity index (χ0) is 15.7. The molecular formula is C12H25N3O5S. The molecule has 9 heteroatoms. The van der Waals surface area contributed by atoms with E-state index in [1.807, 2.05) is 0 Å². The predicted octanol–water partition coefficient (Wildman–Crippen LogP) is 0.114. The molecule has 0 aromatic carbocycles. The van der Waals surface area contributed by atoms with Gasteiger partial charge in [0.15, 0.2) is 0 Å². The summed E-state index contributed by atoms with van der Waals surface area (Å²) >= 11 is 0. The summed E-state index contributed by atoms with van der Waals surface area (Å²) in [6.45, 7) is 5.88. The Morgan fingerprint density at radius 1 is 1.33 bits per heavy atom. The average molecular weight is 323 g/mol. The third kappa shape index (κ3) is 8.86. The van der Waals surface area contributed by atoms with Gasteiger partial charge in [-0.2, -0.15) is 13.1 Å². The minimum absolute atomic E-state index is 0.204. The first-order valence-corrected chi connectivity index (χ1v) is 8.67. The molecule has 1 fully saturated rings. The van der Waals surface area contributed by atoms with E-state index in [1.54, 1.807) is 18.6 Å². The van der Waals surface area contributed by atoms with E-state index in [2.05, 4.69) is 10.0 Å². The van der Waals surface area contributed by atoms with Crippen LogP contribution in [0.15, 0.2) is 0 Å². The Balaban J connectivity index is 2.11. The quantitative estimate of drug-likeness (QED) is 0.548. The van der Waals surface area contributed by atoms with Crippen LogP contribution in [0.25, 0.3) is 0 Å². The molecule has 0 atom stereocenters. The first-order valence-electron chi connectivity index (χ1n) is 7.19. The lowest BCUT2D eigenvalue weighted by Crippen LogP contribution is -2.41. The molecule has 0 aliphatic carbocycles. The van der Waals surface area contributed by atoms with Crippen LogP contribution in [0.5, 0.6) is 0 Å². The summed E-state index contributed by atoms with van der Waals surface area (Å²) in [5.41, 5.74) is 0. The van der Waals surface area contributed by atoms with Crippen LogP contribution in [-0.2, 0) is 19.7 Å². The SMILES string of the molecule is CC(C)OC(=O)NS(=O)(=O)NCCCOC1CCNCC1. The highest BCUT2D eigenvalue weighted by Crippen LogP contribution is 2.07. The van der Waals surface area contributed by atoms with E-state index in [9.17, 15) is 13.2 Å². The molecule has 1 rings (SSSR count). The lowest BCUT2D eigenvalue weighted by Gasteiger charge is -2.22. The van der Waals surface area contributed by atoms with Gasteiger partial charge in [-0.05, 0) is 46.2 Å². The molecule has 1 amide bonds. The van der Waals surface area contributed by atoms with Crippen molar-refractivity contribution < 1.29 is 22.7 Å². The maximum absolute atomic E-state index is 11.5. The van der Waals surface area contributed by atoms with E-state index in [0.29, 0.717) is 13.0 Å². The summed E-state index contributed by atoms with van der Waals surface area (Å²) in [4.78, 5) is 11.2. The Hall–Kier alpha value is -0.900. The van der Waals surface area contributed by atoms with Crippen molar-refractivity contribution in [3.63, 3.8) is 0 Å². The summed E-state index contributed by atoms with van der Waals surface area (Å²) in [7, 11) is -3.87. The second kappa shape index (κ2) is 9.19. The number of piperidine rings is 1. The molecule has 1 heterocycles. The first-order chi connectivity index (χ1) is 9.89. The Morgan fingerprint density at radius 2 is 2.00 bits per heavy atom. The van der Waals surface area contributed by atoms with Crippen molar-refractivity contribution >= 4 is 16.3 Å². The molecule has 0 aromatic heterocycles. The van der Waals surface area contributed by atoms with Gasteiger partial charge in [0.25, 0.3) is 0 Å². The lowest BCUT2D eigenvalue weighted by molar-refractivity contribution is 0.0322. The number of carbonyl (C=O) groups excluding carboxylic acids is 1. The Labute approximate surface area is 126 Å². The molecule has 0 bridgehead atoms. The van der Waals surface area contributed by atoms with Crippen LogP contribution < -0.4 is 14.8 Å². The zero-order valence-electron chi connectivity index (χ0n) is 12.6. The third-order valence-electron chi connectivity index (χ3n) is 2.81. The highest BCUT2D eigenvalue weighted by atomic mass is 32.2. The molecule has 124 valence electrons. The fourth-order valence-corrected chi connectivity index (χ4v) is 2.63. The summed E-state index contributed by atoms with van der Waals surface area (Å²) in [5.74, 6) is 0. The molecule has 0 aromatic rings. The number of hydrogen-bond acceptors (Lipinski definition) is 6. The molecule has 21 heavy (non-hydrogen) atoms. The smallest absolute Gasteiger partial charge is 0.422 e. The normalized spacial score (nSPS) is 16.9. The van der Waals surface area contributed by atoms with Gasteiger partial charge in [-0.1, -0.05) is 0 Å². The van der Waals surface area contributed by atoms with Crippen LogP contribution >= 0.6 is 0 Å². The molecule has 1 aliphatic heterocycles. The fourth-order valence-electron chi connectivity index (χ4n) is 1.87. The minimum atomic E-state index is -3.87. The topological polar surface area (TPSA) is 106 Å². The van der Waals surface area contributed by atoms with E-state index < -0.39 is 16.3 Å². The number of ether oxygens (including phenoxy) is 2. The van der Waals surface area contributed by atoms with Crippen molar-refractivity contribution in [3.05, 3.63) is 0 Å².